The van der Waals surface area contributed by atoms with E-state index in [1.807, 2.05) is 0 Å². The average Bonchev–Trinajstić information content (AvgIpc) is 2.71. The molecule has 1 amide bonds. The van der Waals surface area contributed by atoms with E-state index >= 15 is 0 Å². The van der Waals surface area contributed by atoms with Crippen molar-refractivity contribution in [2.45, 2.75) is 18.1 Å². The molecular weight excluding hydrogens is 322 g/mol. The molecule has 1 heterocycles. The first-order chi connectivity index (χ1) is 9.70. The zero-order chi connectivity index (χ0) is 15.8. The molecule has 1 aromatic carbocycles. The molecule has 0 bridgehead atoms. The number of nitrogens with one attached hydrogen (secondary N) is 1. The predicted molar refractivity (Wildman–Crippen MR) is 72.6 cm³/mol. The fourth-order valence-electron chi connectivity index (χ4n) is 1.66. The van der Waals surface area contributed by atoms with Crippen molar-refractivity contribution in [3.8, 4) is 0 Å². The molecule has 0 spiro atoms. The highest BCUT2D eigenvalue weighted by Gasteiger charge is 2.25. The molecule has 0 aliphatic rings. The van der Waals surface area contributed by atoms with Gasteiger partial charge in [0.15, 0.2) is 4.21 Å². The molecule has 0 fully saturated rings. The van der Waals surface area contributed by atoms with Crippen LogP contribution in [0.1, 0.15) is 21.1 Å². The van der Waals surface area contributed by atoms with Crippen molar-refractivity contribution in [1.82, 2.24) is 9.71 Å². The van der Waals surface area contributed by atoms with Gasteiger partial charge in [-0.2, -0.15) is 0 Å². The molecule has 21 heavy (non-hydrogen) atoms. The lowest BCUT2D eigenvalue weighted by atomic mass is 10.2. The molecule has 112 valence electrons. The topological polar surface area (TPSA) is 76.1 Å². The molecule has 2 aromatic rings. The molecule has 0 radical (unpaired) electrons. The van der Waals surface area contributed by atoms with E-state index in [2.05, 4.69) is 4.98 Å². The number of aryl methyl sites for hydroxylation is 2. The van der Waals surface area contributed by atoms with Gasteiger partial charge < -0.3 is 0 Å². The molecule has 1 N–H and O–H groups in total. The zero-order valence-corrected chi connectivity index (χ0v) is 12.6. The molecular formula is C12H10F2N2O3S2. The van der Waals surface area contributed by atoms with Crippen LogP contribution in [0.25, 0.3) is 0 Å². The van der Waals surface area contributed by atoms with Crippen molar-refractivity contribution in [3.63, 3.8) is 0 Å². The summed E-state index contributed by atoms with van der Waals surface area (Å²) in [6.45, 7) is 3.09. The number of carbonyl (C=O) groups is 1. The summed E-state index contributed by atoms with van der Waals surface area (Å²) in [5.74, 6) is -3.09. The molecule has 0 aliphatic heterocycles. The maximum absolute atomic E-state index is 13.4. The van der Waals surface area contributed by atoms with Gasteiger partial charge in [-0.1, -0.05) is 0 Å². The van der Waals surface area contributed by atoms with E-state index in [0.717, 1.165) is 23.5 Å². The highest BCUT2D eigenvalue weighted by molar-refractivity contribution is 7.92. The van der Waals surface area contributed by atoms with Gasteiger partial charge in [0.25, 0.3) is 15.9 Å². The lowest BCUT2D eigenvalue weighted by molar-refractivity contribution is 0.0977. The van der Waals surface area contributed by atoms with Gasteiger partial charge in [-0.25, -0.2) is 26.9 Å². The third-order valence-corrected chi connectivity index (χ3v) is 5.52. The highest BCUT2D eigenvalue weighted by atomic mass is 32.2. The van der Waals surface area contributed by atoms with Gasteiger partial charge in [0.2, 0.25) is 0 Å². The van der Waals surface area contributed by atoms with Crippen molar-refractivity contribution >= 4 is 27.3 Å². The number of amides is 1. The Kier molecular flexibility index (Phi) is 4.06. The predicted octanol–water partition coefficient (Wildman–Crippen LogP) is 2.16. The Hall–Kier alpha value is -1.87. The van der Waals surface area contributed by atoms with Crippen molar-refractivity contribution in [1.29, 1.82) is 0 Å². The summed E-state index contributed by atoms with van der Waals surface area (Å²) < 4.78 is 52.2. The Balaban J connectivity index is 2.35. The number of aromatic nitrogens is 1. The molecule has 0 atom stereocenters. The molecule has 0 saturated heterocycles. The van der Waals surface area contributed by atoms with Crippen LogP contribution in [0, 0.1) is 25.5 Å². The minimum Gasteiger partial charge on any atom is -0.268 e. The van der Waals surface area contributed by atoms with Crippen LogP contribution in [-0.4, -0.2) is 19.3 Å². The van der Waals surface area contributed by atoms with Gasteiger partial charge in [-0.3, -0.25) is 4.79 Å². The molecule has 5 nitrogen and oxygen atoms in total. The van der Waals surface area contributed by atoms with E-state index in [4.69, 9.17) is 0 Å². The Bertz CT molecular complexity index is 816. The number of benzene rings is 1. The van der Waals surface area contributed by atoms with E-state index in [0.29, 0.717) is 11.1 Å². The summed E-state index contributed by atoms with van der Waals surface area (Å²) >= 11 is 0.884. The summed E-state index contributed by atoms with van der Waals surface area (Å²) in [5, 5.41) is 0.511. The monoisotopic (exact) mass is 332 g/mol. The second-order valence-electron chi connectivity index (χ2n) is 4.16. The normalized spacial score (nSPS) is 11.4. The van der Waals surface area contributed by atoms with E-state index in [9.17, 15) is 22.0 Å². The SMILES string of the molecule is Cc1nc(C)c(S(=O)(=O)NC(=O)c2cc(F)ccc2F)s1. The van der Waals surface area contributed by atoms with E-state index in [-0.39, 0.29) is 9.90 Å². The third-order valence-electron chi connectivity index (χ3n) is 2.51. The van der Waals surface area contributed by atoms with Gasteiger partial charge in [-0.05, 0) is 32.0 Å². The smallest absolute Gasteiger partial charge is 0.268 e. The van der Waals surface area contributed by atoms with Crippen LogP contribution >= 0.6 is 11.3 Å². The molecule has 0 unspecified atom stereocenters. The summed E-state index contributed by atoms with van der Waals surface area (Å²) in [6, 6.07) is 2.21. The minimum atomic E-state index is -4.18. The number of hydrogen-bond acceptors (Lipinski definition) is 5. The second kappa shape index (κ2) is 5.49. The average molecular weight is 332 g/mol. The number of carbonyl (C=O) groups excluding carboxylic acids is 1. The maximum atomic E-state index is 13.4. The van der Waals surface area contributed by atoms with Crippen LogP contribution in [0.5, 0.6) is 0 Å². The number of hydrogen-bond donors (Lipinski definition) is 1. The zero-order valence-electron chi connectivity index (χ0n) is 11.0. The van der Waals surface area contributed by atoms with Crippen molar-refractivity contribution in [2.24, 2.45) is 0 Å². The number of halogens is 2. The van der Waals surface area contributed by atoms with Crippen LogP contribution in [-0.2, 0) is 10.0 Å². The summed E-state index contributed by atoms with van der Waals surface area (Å²) in [6.07, 6.45) is 0. The van der Waals surface area contributed by atoms with Gasteiger partial charge in [0.05, 0.1) is 16.3 Å². The Labute approximate surface area is 123 Å². The number of thiazole rings is 1. The first kappa shape index (κ1) is 15.5. The minimum absolute atomic E-state index is 0.134. The van der Waals surface area contributed by atoms with Gasteiger partial charge >= 0.3 is 0 Å². The number of sulfonamides is 1. The highest BCUT2D eigenvalue weighted by Crippen LogP contribution is 2.23. The standard InChI is InChI=1S/C12H10F2N2O3S2/c1-6-12(20-7(2)15-6)21(18,19)16-11(17)9-5-8(13)3-4-10(9)14/h3-5H,1-2H3,(H,16,17). The lowest BCUT2D eigenvalue weighted by Crippen LogP contribution is -2.31. The van der Waals surface area contributed by atoms with Crippen LogP contribution in [0.3, 0.4) is 0 Å². The molecule has 0 saturated carbocycles. The molecule has 1 aromatic heterocycles. The van der Waals surface area contributed by atoms with E-state index < -0.39 is 33.1 Å². The van der Waals surface area contributed by atoms with Gasteiger partial charge in [0.1, 0.15) is 11.6 Å². The Morgan fingerprint density at radius 3 is 2.52 bits per heavy atom. The van der Waals surface area contributed by atoms with Crippen molar-refractivity contribution in [2.75, 3.05) is 0 Å². The van der Waals surface area contributed by atoms with E-state index in [1.165, 1.54) is 6.92 Å². The fraction of sp³-hybridized carbons (Fsp3) is 0.167. The Morgan fingerprint density at radius 2 is 1.95 bits per heavy atom. The van der Waals surface area contributed by atoms with Crippen LogP contribution in [0.15, 0.2) is 22.4 Å². The summed E-state index contributed by atoms with van der Waals surface area (Å²) in [5.41, 5.74) is -0.449. The summed E-state index contributed by atoms with van der Waals surface area (Å²) in [7, 11) is -4.18. The van der Waals surface area contributed by atoms with Crippen LogP contribution in [0.2, 0.25) is 0 Å². The number of rotatable bonds is 3. The van der Waals surface area contributed by atoms with E-state index in [1.54, 1.807) is 11.6 Å². The van der Waals surface area contributed by atoms with Crippen LogP contribution in [0.4, 0.5) is 8.78 Å². The fourth-order valence-corrected chi connectivity index (χ4v) is 4.11. The van der Waals surface area contributed by atoms with Gasteiger partial charge in [-0.15, -0.1) is 11.3 Å². The van der Waals surface area contributed by atoms with Crippen molar-refractivity contribution < 1.29 is 22.0 Å². The Morgan fingerprint density at radius 1 is 1.29 bits per heavy atom. The van der Waals surface area contributed by atoms with Gasteiger partial charge in [0, 0.05) is 0 Å². The molecule has 9 heteroatoms. The quantitative estimate of drug-likeness (QED) is 0.934. The van der Waals surface area contributed by atoms with Crippen molar-refractivity contribution in [3.05, 3.63) is 46.1 Å². The first-order valence-corrected chi connectivity index (χ1v) is 7.97. The molecule has 2 rings (SSSR count). The second-order valence-corrected chi connectivity index (χ2v) is 7.25. The number of nitrogens with zero attached hydrogens (tertiary/aromatic N) is 1. The lowest BCUT2D eigenvalue weighted by Gasteiger charge is -2.06. The van der Waals surface area contributed by atoms with Crippen LogP contribution < -0.4 is 4.72 Å². The summed E-state index contributed by atoms with van der Waals surface area (Å²) in [4.78, 5) is 15.8. The maximum Gasteiger partial charge on any atom is 0.275 e. The first-order valence-electron chi connectivity index (χ1n) is 5.67. The third kappa shape index (κ3) is 3.24. The largest absolute Gasteiger partial charge is 0.275 e. The molecule has 0 aliphatic carbocycles.